The van der Waals surface area contributed by atoms with E-state index in [1.165, 1.54) is 0 Å². The molecule has 0 aliphatic carbocycles. The number of nitrogens with two attached hydrogens (primary N) is 1. The topological polar surface area (TPSA) is 72.0 Å². The fourth-order valence-electron chi connectivity index (χ4n) is 1.88. The van der Waals surface area contributed by atoms with Crippen LogP contribution in [0, 0.1) is 0 Å². The number of pyridine rings is 1. The first kappa shape index (κ1) is 8.43. The highest BCUT2D eigenvalue weighted by molar-refractivity contribution is 5.81. The molecule has 0 saturated heterocycles. The zero-order valence-corrected chi connectivity index (χ0v) is 8.14. The van der Waals surface area contributed by atoms with Gasteiger partial charge >= 0.3 is 0 Å². The second-order valence-electron chi connectivity index (χ2n) is 3.44. The highest BCUT2D eigenvalue weighted by Crippen LogP contribution is 2.18. The Balaban J connectivity index is 2.41. The van der Waals surface area contributed by atoms with Crippen LogP contribution >= 0.6 is 0 Å². The Morgan fingerprint density at radius 3 is 3.27 bits per heavy atom. The van der Waals surface area contributed by atoms with Gasteiger partial charge in [-0.2, -0.15) is 0 Å². The molecule has 0 amide bonds. The molecule has 0 spiro atoms. The van der Waals surface area contributed by atoms with Crippen LogP contribution in [0.25, 0.3) is 16.8 Å². The number of nitrogens with zero attached hydrogens (tertiary/aromatic N) is 3. The Bertz CT molecular complexity index is 606. The van der Waals surface area contributed by atoms with Gasteiger partial charge in [-0.3, -0.25) is 4.40 Å². The van der Waals surface area contributed by atoms with Crippen LogP contribution in [0.5, 0.6) is 0 Å². The molecule has 3 aromatic heterocycles. The zero-order chi connectivity index (χ0) is 10.3. The second-order valence-corrected chi connectivity index (χ2v) is 3.44. The fourth-order valence-corrected chi connectivity index (χ4v) is 1.88. The minimum Gasteiger partial charge on any atom is -0.363 e. The van der Waals surface area contributed by atoms with Crippen LogP contribution in [0.4, 0.5) is 0 Å². The van der Waals surface area contributed by atoms with Crippen molar-refractivity contribution in [3.8, 4) is 0 Å². The lowest BCUT2D eigenvalue weighted by molar-refractivity contribution is 0.928. The van der Waals surface area contributed by atoms with E-state index >= 15 is 0 Å². The lowest BCUT2D eigenvalue weighted by Gasteiger charge is -2.01. The van der Waals surface area contributed by atoms with Crippen molar-refractivity contribution in [2.75, 3.05) is 6.54 Å². The van der Waals surface area contributed by atoms with Crippen molar-refractivity contribution < 1.29 is 0 Å². The van der Waals surface area contributed by atoms with E-state index in [4.69, 9.17) is 5.73 Å². The van der Waals surface area contributed by atoms with E-state index in [0.717, 1.165) is 28.9 Å². The third kappa shape index (κ3) is 1.13. The van der Waals surface area contributed by atoms with E-state index in [-0.39, 0.29) is 0 Å². The quantitative estimate of drug-likeness (QED) is 0.641. The molecule has 0 radical (unpaired) electrons. The molecule has 0 aliphatic rings. The van der Waals surface area contributed by atoms with Crippen LogP contribution < -0.4 is 5.73 Å². The monoisotopic (exact) mass is 201 g/mol. The molecule has 76 valence electrons. The van der Waals surface area contributed by atoms with Gasteiger partial charge in [0.1, 0.15) is 0 Å². The maximum Gasteiger partial charge on any atom is 0.234 e. The van der Waals surface area contributed by atoms with E-state index in [0.29, 0.717) is 6.54 Å². The normalized spacial score (nSPS) is 11.5. The summed E-state index contributed by atoms with van der Waals surface area (Å²) >= 11 is 0. The third-order valence-corrected chi connectivity index (χ3v) is 2.50. The van der Waals surface area contributed by atoms with E-state index in [9.17, 15) is 0 Å². The maximum atomic E-state index is 5.57. The molecule has 0 atom stereocenters. The van der Waals surface area contributed by atoms with Gasteiger partial charge in [0.25, 0.3) is 0 Å². The van der Waals surface area contributed by atoms with Gasteiger partial charge in [0, 0.05) is 30.7 Å². The summed E-state index contributed by atoms with van der Waals surface area (Å²) < 4.78 is 1.98. The molecule has 3 rings (SSSR count). The van der Waals surface area contributed by atoms with Gasteiger partial charge in [0.15, 0.2) is 0 Å². The summed E-state index contributed by atoms with van der Waals surface area (Å²) in [6, 6.07) is 1.95. The number of aromatic nitrogens is 4. The van der Waals surface area contributed by atoms with Crippen LogP contribution in [0.15, 0.2) is 24.7 Å². The minimum absolute atomic E-state index is 0.622. The highest BCUT2D eigenvalue weighted by atomic mass is 15.1. The number of aromatic amines is 1. The fraction of sp³-hybridized carbons (Fsp3) is 0.200. The van der Waals surface area contributed by atoms with Crippen molar-refractivity contribution in [3.05, 3.63) is 30.4 Å². The molecule has 3 N–H and O–H groups in total. The van der Waals surface area contributed by atoms with E-state index in [2.05, 4.69) is 15.0 Å². The van der Waals surface area contributed by atoms with Crippen molar-refractivity contribution in [2.45, 2.75) is 6.42 Å². The summed E-state index contributed by atoms with van der Waals surface area (Å²) in [5.41, 5.74) is 8.72. The first-order valence-electron chi connectivity index (χ1n) is 4.89. The number of hydrogen-bond acceptors (Lipinski definition) is 3. The Morgan fingerprint density at radius 2 is 2.40 bits per heavy atom. The number of fused-ring (bicyclic) bond motifs is 3. The SMILES string of the molecule is NCCc1[nH]ccc2nc3nccn3c12. The molecule has 0 fully saturated rings. The molecule has 5 nitrogen and oxygen atoms in total. The van der Waals surface area contributed by atoms with Crippen LogP contribution in [-0.2, 0) is 6.42 Å². The summed E-state index contributed by atoms with van der Waals surface area (Å²) in [6.45, 7) is 0.622. The molecule has 0 saturated carbocycles. The Labute approximate surface area is 85.9 Å². The molecule has 5 heteroatoms. The van der Waals surface area contributed by atoms with Gasteiger partial charge in [0.05, 0.1) is 11.0 Å². The summed E-state index contributed by atoms with van der Waals surface area (Å²) in [5, 5.41) is 0. The van der Waals surface area contributed by atoms with E-state index in [1.807, 2.05) is 22.9 Å². The Kier molecular flexibility index (Phi) is 1.72. The van der Waals surface area contributed by atoms with Gasteiger partial charge in [0.2, 0.25) is 5.78 Å². The molecule has 0 aliphatic heterocycles. The summed E-state index contributed by atoms with van der Waals surface area (Å²) in [4.78, 5) is 11.8. The first-order valence-corrected chi connectivity index (χ1v) is 4.89. The summed E-state index contributed by atoms with van der Waals surface area (Å²) in [7, 11) is 0. The van der Waals surface area contributed by atoms with Crippen LogP contribution in [0.3, 0.4) is 0 Å². The van der Waals surface area contributed by atoms with Gasteiger partial charge < -0.3 is 10.7 Å². The molecular formula is C10H11N5. The molecule has 3 aromatic rings. The van der Waals surface area contributed by atoms with Crippen LogP contribution in [0.2, 0.25) is 0 Å². The highest BCUT2D eigenvalue weighted by Gasteiger charge is 2.09. The Morgan fingerprint density at radius 1 is 1.47 bits per heavy atom. The van der Waals surface area contributed by atoms with Crippen LogP contribution in [-0.4, -0.2) is 25.9 Å². The number of imidazole rings is 2. The number of rotatable bonds is 2. The number of H-pyrrole nitrogens is 1. The Hall–Kier alpha value is -1.88. The predicted molar refractivity (Wildman–Crippen MR) is 57.6 cm³/mol. The predicted octanol–water partition coefficient (Wildman–Crippen LogP) is 0.712. The van der Waals surface area contributed by atoms with Gasteiger partial charge in [-0.25, -0.2) is 9.97 Å². The molecule has 3 heterocycles. The third-order valence-electron chi connectivity index (χ3n) is 2.50. The van der Waals surface area contributed by atoms with Crippen molar-refractivity contribution >= 4 is 16.8 Å². The van der Waals surface area contributed by atoms with Gasteiger partial charge in [-0.15, -0.1) is 0 Å². The molecular weight excluding hydrogens is 190 g/mol. The lowest BCUT2D eigenvalue weighted by Crippen LogP contribution is -2.05. The average molecular weight is 201 g/mol. The maximum absolute atomic E-state index is 5.57. The molecule has 15 heavy (non-hydrogen) atoms. The van der Waals surface area contributed by atoms with Crippen LogP contribution in [0.1, 0.15) is 5.69 Å². The van der Waals surface area contributed by atoms with Crippen molar-refractivity contribution in [1.29, 1.82) is 0 Å². The molecule has 0 aromatic carbocycles. The largest absolute Gasteiger partial charge is 0.363 e. The van der Waals surface area contributed by atoms with Crippen molar-refractivity contribution in [2.24, 2.45) is 5.73 Å². The molecule has 0 bridgehead atoms. The van der Waals surface area contributed by atoms with E-state index < -0.39 is 0 Å². The first-order chi connectivity index (χ1) is 7.40. The molecule has 0 unspecified atom stereocenters. The van der Waals surface area contributed by atoms with Gasteiger partial charge in [-0.1, -0.05) is 0 Å². The number of hydrogen-bond donors (Lipinski definition) is 2. The van der Waals surface area contributed by atoms with Gasteiger partial charge in [-0.05, 0) is 12.6 Å². The van der Waals surface area contributed by atoms with E-state index in [1.54, 1.807) is 6.20 Å². The second kappa shape index (κ2) is 3.06. The van der Waals surface area contributed by atoms with Crippen molar-refractivity contribution in [1.82, 2.24) is 19.4 Å². The minimum atomic E-state index is 0.622. The summed E-state index contributed by atoms with van der Waals surface area (Å²) in [6.07, 6.45) is 6.37. The smallest absolute Gasteiger partial charge is 0.234 e. The standard InChI is InChI=1S/C10H11N5/c11-3-1-7-9-8(2-4-12-7)14-10-13-5-6-15(9)10/h2,4-6,12H,1,3,11H2. The zero-order valence-electron chi connectivity index (χ0n) is 8.14. The van der Waals surface area contributed by atoms with Crippen molar-refractivity contribution in [3.63, 3.8) is 0 Å². The summed E-state index contributed by atoms with van der Waals surface area (Å²) in [5.74, 6) is 0.739. The number of nitrogens with one attached hydrogen (secondary N) is 1. The average Bonchev–Trinajstić information content (AvgIpc) is 2.77. The lowest BCUT2D eigenvalue weighted by atomic mass is 10.2.